The van der Waals surface area contributed by atoms with Crippen LogP contribution in [0, 0.1) is 11.3 Å². The van der Waals surface area contributed by atoms with E-state index in [0.717, 1.165) is 19.3 Å². The predicted octanol–water partition coefficient (Wildman–Crippen LogP) is 2.97. The smallest absolute Gasteiger partial charge is 0.264 e. The molecule has 0 aromatic heterocycles. The second-order valence-corrected chi connectivity index (χ2v) is 5.48. The minimum Gasteiger partial charge on any atom is -0.504 e. The van der Waals surface area contributed by atoms with Crippen molar-refractivity contribution < 1.29 is 14.6 Å². The maximum Gasteiger partial charge on any atom is 0.264 e. The molecular formula is C16H17ClN2O3. The Hall–Kier alpha value is -2.19. The molecule has 0 radical (unpaired) electrons. The van der Waals surface area contributed by atoms with Crippen molar-refractivity contribution in [2.75, 3.05) is 20.2 Å². The Labute approximate surface area is 134 Å². The lowest BCUT2D eigenvalue weighted by molar-refractivity contribution is -0.127. The van der Waals surface area contributed by atoms with E-state index in [0.29, 0.717) is 18.7 Å². The van der Waals surface area contributed by atoms with Crippen molar-refractivity contribution in [2.45, 2.75) is 19.3 Å². The molecule has 1 aromatic carbocycles. The van der Waals surface area contributed by atoms with Crippen LogP contribution in [0.15, 0.2) is 17.7 Å². The molecule has 1 amide bonds. The van der Waals surface area contributed by atoms with E-state index >= 15 is 0 Å². The zero-order valence-electron chi connectivity index (χ0n) is 12.3. The molecule has 2 rings (SSSR count). The lowest BCUT2D eigenvalue weighted by Gasteiger charge is -2.26. The minimum atomic E-state index is -0.287. The Morgan fingerprint density at radius 3 is 2.68 bits per heavy atom. The maximum absolute atomic E-state index is 12.4. The van der Waals surface area contributed by atoms with Crippen molar-refractivity contribution in [2.24, 2.45) is 0 Å². The monoisotopic (exact) mass is 320 g/mol. The molecular weight excluding hydrogens is 304 g/mol. The quantitative estimate of drug-likeness (QED) is 0.686. The number of aromatic hydroxyl groups is 1. The average Bonchev–Trinajstić information content (AvgIpc) is 2.54. The van der Waals surface area contributed by atoms with Gasteiger partial charge in [-0.15, -0.1) is 0 Å². The largest absolute Gasteiger partial charge is 0.504 e. The number of nitrogens with zero attached hydrogens (tertiary/aromatic N) is 2. The Bertz CT molecular complexity index is 644. The van der Waals surface area contributed by atoms with Gasteiger partial charge in [-0.05, 0) is 37.0 Å². The second kappa shape index (κ2) is 7.19. The van der Waals surface area contributed by atoms with Crippen molar-refractivity contribution in [3.63, 3.8) is 0 Å². The summed E-state index contributed by atoms with van der Waals surface area (Å²) in [5.74, 6) is -0.144. The second-order valence-electron chi connectivity index (χ2n) is 5.07. The first kappa shape index (κ1) is 16.2. The molecule has 22 heavy (non-hydrogen) atoms. The molecule has 0 saturated carbocycles. The van der Waals surface area contributed by atoms with Gasteiger partial charge in [-0.1, -0.05) is 11.6 Å². The highest BCUT2D eigenvalue weighted by Gasteiger charge is 2.20. The van der Waals surface area contributed by atoms with E-state index in [1.807, 2.05) is 6.07 Å². The van der Waals surface area contributed by atoms with Gasteiger partial charge in [-0.25, -0.2) is 0 Å². The van der Waals surface area contributed by atoms with E-state index in [1.54, 1.807) is 4.90 Å². The number of carbonyl (C=O) groups excluding carboxylic acids is 1. The molecule has 116 valence electrons. The van der Waals surface area contributed by atoms with E-state index < -0.39 is 0 Å². The number of phenolic OH excluding ortho intramolecular Hbond substituents is 1. The highest BCUT2D eigenvalue weighted by Crippen LogP contribution is 2.33. The minimum absolute atomic E-state index is 0.0246. The third-order valence-electron chi connectivity index (χ3n) is 3.59. The number of piperidine rings is 1. The number of methoxy groups -OCH3 is 1. The third-order valence-corrected chi connectivity index (χ3v) is 3.92. The van der Waals surface area contributed by atoms with Crippen LogP contribution in [-0.4, -0.2) is 36.1 Å². The van der Waals surface area contributed by atoms with Crippen molar-refractivity contribution in [1.29, 1.82) is 5.26 Å². The Morgan fingerprint density at radius 1 is 1.41 bits per heavy atom. The Morgan fingerprint density at radius 2 is 2.09 bits per heavy atom. The number of nitriles is 1. The zero-order chi connectivity index (χ0) is 16.1. The number of ether oxygens (including phenoxy) is 1. The van der Waals surface area contributed by atoms with Crippen molar-refractivity contribution in [3.8, 4) is 17.6 Å². The molecule has 1 aliphatic heterocycles. The van der Waals surface area contributed by atoms with Gasteiger partial charge in [0.1, 0.15) is 11.6 Å². The Kier molecular flexibility index (Phi) is 5.29. The van der Waals surface area contributed by atoms with Gasteiger partial charge in [0.2, 0.25) is 0 Å². The number of phenols is 1. The van der Waals surface area contributed by atoms with Crippen molar-refractivity contribution in [3.05, 3.63) is 28.3 Å². The highest BCUT2D eigenvalue weighted by molar-refractivity contribution is 6.32. The molecule has 1 aliphatic rings. The van der Waals surface area contributed by atoms with Crippen LogP contribution in [0.3, 0.4) is 0 Å². The van der Waals surface area contributed by atoms with Crippen LogP contribution in [-0.2, 0) is 4.79 Å². The SMILES string of the molecule is COc1cc(/C=C(/C#N)C(=O)N2CCCCC2)c(Cl)cc1O. The van der Waals surface area contributed by atoms with Gasteiger partial charge in [-0.3, -0.25) is 4.79 Å². The molecule has 0 unspecified atom stereocenters. The average molecular weight is 321 g/mol. The molecule has 6 heteroatoms. The van der Waals surface area contributed by atoms with E-state index in [2.05, 4.69) is 0 Å². The first-order valence-electron chi connectivity index (χ1n) is 7.04. The van der Waals surface area contributed by atoms with Crippen LogP contribution < -0.4 is 4.74 Å². The number of benzene rings is 1. The lowest BCUT2D eigenvalue weighted by atomic mass is 10.1. The van der Waals surface area contributed by atoms with Crippen LogP contribution in [0.25, 0.3) is 6.08 Å². The van der Waals surface area contributed by atoms with E-state index in [4.69, 9.17) is 16.3 Å². The van der Waals surface area contributed by atoms with E-state index in [9.17, 15) is 15.2 Å². The van der Waals surface area contributed by atoms with Gasteiger partial charge in [-0.2, -0.15) is 5.26 Å². The summed E-state index contributed by atoms with van der Waals surface area (Å²) in [6.07, 6.45) is 4.45. The van der Waals surface area contributed by atoms with Crippen molar-refractivity contribution >= 4 is 23.6 Å². The Balaban J connectivity index is 2.32. The summed E-state index contributed by atoms with van der Waals surface area (Å²) in [4.78, 5) is 14.1. The number of hydrogen-bond donors (Lipinski definition) is 1. The maximum atomic E-state index is 12.4. The van der Waals surface area contributed by atoms with E-state index in [1.165, 1.54) is 25.3 Å². The molecule has 1 saturated heterocycles. The zero-order valence-corrected chi connectivity index (χ0v) is 13.1. The van der Waals surface area contributed by atoms with Gasteiger partial charge in [0.25, 0.3) is 5.91 Å². The molecule has 5 nitrogen and oxygen atoms in total. The summed E-state index contributed by atoms with van der Waals surface area (Å²) < 4.78 is 5.02. The molecule has 0 spiro atoms. The van der Waals surface area contributed by atoms with Gasteiger partial charge >= 0.3 is 0 Å². The van der Waals surface area contributed by atoms with Crippen molar-refractivity contribution in [1.82, 2.24) is 4.90 Å². The summed E-state index contributed by atoms with van der Waals surface area (Å²) in [7, 11) is 1.42. The molecule has 1 N–H and O–H groups in total. The fourth-order valence-corrected chi connectivity index (χ4v) is 2.61. The number of halogens is 1. The highest BCUT2D eigenvalue weighted by atomic mass is 35.5. The lowest BCUT2D eigenvalue weighted by Crippen LogP contribution is -2.36. The fraction of sp³-hybridized carbons (Fsp3) is 0.375. The normalized spacial score (nSPS) is 15.3. The summed E-state index contributed by atoms with van der Waals surface area (Å²) in [5, 5.41) is 19.2. The standard InChI is InChI=1S/C16H17ClN2O3/c1-22-15-8-11(13(17)9-14(15)20)7-12(10-18)16(21)19-5-3-2-4-6-19/h7-9,20H,2-6H2,1H3/b12-7-. The summed E-state index contributed by atoms with van der Waals surface area (Å²) in [6, 6.07) is 4.76. The molecule has 1 aromatic rings. The van der Waals surface area contributed by atoms with Gasteiger partial charge in [0, 0.05) is 19.2 Å². The first-order valence-corrected chi connectivity index (χ1v) is 7.42. The van der Waals surface area contributed by atoms with Crippen LogP contribution >= 0.6 is 11.6 Å². The summed E-state index contributed by atoms with van der Waals surface area (Å²) in [6.45, 7) is 1.34. The van der Waals surface area contributed by atoms with Gasteiger partial charge in [0.15, 0.2) is 11.5 Å². The van der Waals surface area contributed by atoms with Gasteiger partial charge in [0.05, 0.1) is 12.1 Å². The predicted molar refractivity (Wildman–Crippen MR) is 83.7 cm³/mol. The van der Waals surface area contributed by atoms with E-state index in [-0.39, 0.29) is 28.0 Å². The third kappa shape index (κ3) is 3.52. The molecule has 1 heterocycles. The fourth-order valence-electron chi connectivity index (χ4n) is 2.40. The number of hydrogen-bond acceptors (Lipinski definition) is 4. The van der Waals surface area contributed by atoms with Gasteiger partial charge < -0.3 is 14.7 Å². The molecule has 1 fully saturated rings. The van der Waals surface area contributed by atoms with Crippen LogP contribution in [0.4, 0.5) is 0 Å². The summed E-state index contributed by atoms with van der Waals surface area (Å²) >= 11 is 6.06. The summed E-state index contributed by atoms with van der Waals surface area (Å²) in [5.41, 5.74) is 0.481. The molecule has 0 aliphatic carbocycles. The molecule has 0 bridgehead atoms. The van der Waals surface area contributed by atoms with Crippen LogP contribution in [0.1, 0.15) is 24.8 Å². The van der Waals surface area contributed by atoms with Crippen LogP contribution in [0.2, 0.25) is 5.02 Å². The molecule has 0 atom stereocenters. The van der Waals surface area contributed by atoms with Crippen LogP contribution in [0.5, 0.6) is 11.5 Å². The first-order chi connectivity index (χ1) is 10.6. The topological polar surface area (TPSA) is 73.6 Å². The number of amides is 1. The number of carbonyl (C=O) groups is 1. The number of rotatable bonds is 3. The number of likely N-dealkylation sites (tertiary alicyclic amines) is 1.